The Morgan fingerprint density at radius 1 is 1.26 bits per heavy atom. The Morgan fingerprint density at radius 2 is 1.91 bits per heavy atom. The fraction of sp³-hybridized carbons (Fsp3) is 0.611. The van der Waals surface area contributed by atoms with Crippen LogP contribution in [0.25, 0.3) is 0 Å². The van der Waals surface area contributed by atoms with Crippen molar-refractivity contribution in [3.63, 3.8) is 0 Å². The summed E-state index contributed by atoms with van der Waals surface area (Å²) in [6.45, 7) is 6.59. The molecule has 0 aliphatic carbocycles. The molecule has 0 bridgehead atoms. The van der Waals surface area contributed by atoms with Crippen LogP contribution in [0.2, 0.25) is 0 Å². The Labute approximate surface area is 145 Å². The van der Waals surface area contributed by atoms with E-state index in [2.05, 4.69) is 17.1 Å². The monoisotopic (exact) mass is 338 g/mol. The Hall–Kier alpha value is -1.26. The van der Waals surface area contributed by atoms with Gasteiger partial charge in [-0.15, -0.1) is 12.4 Å². The van der Waals surface area contributed by atoms with Gasteiger partial charge in [-0.25, -0.2) is 0 Å². The van der Waals surface area contributed by atoms with Crippen LogP contribution in [-0.2, 0) is 4.79 Å². The van der Waals surface area contributed by atoms with Crippen molar-refractivity contribution in [1.82, 2.24) is 10.2 Å². The average molecular weight is 339 g/mol. The zero-order valence-electron chi connectivity index (χ0n) is 13.7. The second kappa shape index (κ2) is 8.55. The molecule has 23 heavy (non-hydrogen) atoms. The van der Waals surface area contributed by atoms with Gasteiger partial charge in [0.1, 0.15) is 5.75 Å². The van der Waals surface area contributed by atoms with Crippen molar-refractivity contribution in [2.24, 2.45) is 17.8 Å². The molecule has 2 aliphatic heterocycles. The number of rotatable bonds is 5. The lowest BCUT2D eigenvalue weighted by Crippen LogP contribution is -2.51. The number of halogens is 1. The number of amides is 1. The first-order valence-electron chi connectivity index (χ1n) is 8.41. The third kappa shape index (κ3) is 4.61. The van der Waals surface area contributed by atoms with E-state index >= 15 is 0 Å². The number of ether oxygens (including phenoxy) is 1. The second-order valence-electron chi connectivity index (χ2n) is 6.60. The largest absolute Gasteiger partial charge is 0.493 e. The zero-order valence-corrected chi connectivity index (χ0v) is 14.6. The topological polar surface area (TPSA) is 41.6 Å². The summed E-state index contributed by atoms with van der Waals surface area (Å²) in [4.78, 5) is 14.5. The molecule has 4 nitrogen and oxygen atoms in total. The molecule has 128 valence electrons. The van der Waals surface area contributed by atoms with Crippen LogP contribution in [0.1, 0.15) is 19.8 Å². The van der Waals surface area contributed by atoms with Crippen LogP contribution < -0.4 is 10.1 Å². The van der Waals surface area contributed by atoms with Crippen molar-refractivity contribution < 1.29 is 9.53 Å². The highest BCUT2D eigenvalue weighted by Crippen LogP contribution is 2.23. The first-order valence-corrected chi connectivity index (χ1v) is 8.41. The van der Waals surface area contributed by atoms with Gasteiger partial charge in [0.25, 0.3) is 0 Å². The number of para-hydroxylation sites is 1. The number of nitrogens with zero attached hydrogens (tertiary/aromatic N) is 1. The van der Waals surface area contributed by atoms with Crippen LogP contribution in [0, 0.1) is 17.8 Å². The molecule has 0 radical (unpaired) electrons. The zero-order chi connectivity index (χ0) is 15.4. The average Bonchev–Trinajstić information content (AvgIpc) is 2.52. The third-order valence-corrected chi connectivity index (χ3v) is 5.06. The molecule has 1 atom stereocenters. The van der Waals surface area contributed by atoms with Crippen molar-refractivity contribution in [1.29, 1.82) is 0 Å². The van der Waals surface area contributed by atoms with Crippen LogP contribution in [0.5, 0.6) is 5.75 Å². The maximum absolute atomic E-state index is 12.5. The minimum Gasteiger partial charge on any atom is -0.493 e. The second-order valence-corrected chi connectivity index (χ2v) is 6.60. The molecular formula is C18H27ClN2O2. The van der Waals surface area contributed by atoms with Crippen molar-refractivity contribution in [3.8, 4) is 5.75 Å². The molecule has 1 amide bonds. The van der Waals surface area contributed by atoms with Gasteiger partial charge in [-0.3, -0.25) is 4.79 Å². The lowest BCUT2D eigenvalue weighted by Gasteiger charge is -2.38. The van der Waals surface area contributed by atoms with E-state index in [4.69, 9.17) is 4.74 Å². The van der Waals surface area contributed by atoms with E-state index in [9.17, 15) is 4.79 Å². The lowest BCUT2D eigenvalue weighted by atomic mass is 9.87. The minimum absolute atomic E-state index is 0. The molecule has 3 rings (SSSR count). The Bertz CT molecular complexity index is 485. The van der Waals surface area contributed by atoms with Gasteiger partial charge in [0.2, 0.25) is 5.91 Å². The van der Waals surface area contributed by atoms with Gasteiger partial charge >= 0.3 is 0 Å². The van der Waals surface area contributed by atoms with E-state index in [0.717, 1.165) is 51.4 Å². The van der Waals surface area contributed by atoms with Crippen molar-refractivity contribution in [2.45, 2.75) is 19.8 Å². The number of nitrogens with one attached hydrogen (secondary N) is 1. The Morgan fingerprint density at radius 3 is 2.48 bits per heavy atom. The molecule has 0 spiro atoms. The van der Waals surface area contributed by atoms with E-state index < -0.39 is 0 Å². The molecule has 1 aromatic carbocycles. The van der Waals surface area contributed by atoms with Crippen molar-refractivity contribution in [2.75, 3.05) is 32.8 Å². The summed E-state index contributed by atoms with van der Waals surface area (Å²) in [5.74, 6) is 2.54. The van der Waals surface area contributed by atoms with E-state index in [1.165, 1.54) is 0 Å². The van der Waals surface area contributed by atoms with Gasteiger partial charge in [-0.05, 0) is 49.9 Å². The standard InChI is InChI=1S/C18H26N2O2.ClH/c1-14(16-11-19-12-16)18(21)20-9-7-15(8-10-20)13-22-17-5-3-2-4-6-17;/h2-6,14-16,19H,7-13H2,1H3;1H. The Kier molecular flexibility index (Phi) is 6.72. The van der Waals surface area contributed by atoms with Gasteiger partial charge < -0.3 is 15.0 Å². The van der Waals surface area contributed by atoms with Crippen molar-refractivity contribution in [3.05, 3.63) is 30.3 Å². The normalized spacial score (nSPS) is 20.3. The maximum atomic E-state index is 12.5. The van der Waals surface area contributed by atoms with Crippen LogP contribution in [0.15, 0.2) is 30.3 Å². The van der Waals surface area contributed by atoms with E-state index in [1.54, 1.807) is 0 Å². The molecule has 0 aromatic heterocycles. The summed E-state index contributed by atoms with van der Waals surface area (Å²) in [5.41, 5.74) is 0. The fourth-order valence-corrected chi connectivity index (χ4v) is 3.20. The lowest BCUT2D eigenvalue weighted by molar-refractivity contribution is -0.139. The number of hydrogen-bond donors (Lipinski definition) is 1. The fourth-order valence-electron chi connectivity index (χ4n) is 3.20. The van der Waals surface area contributed by atoms with Gasteiger partial charge in [0, 0.05) is 19.0 Å². The van der Waals surface area contributed by atoms with Crippen LogP contribution in [-0.4, -0.2) is 43.6 Å². The summed E-state index contributed by atoms with van der Waals surface area (Å²) in [5, 5.41) is 3.25. The SMILES string of the molecule is CC(C(=O)N1CCC(COc2ccccc2)CC1)C1CNC1.Cl. The maximum Gasteiger partial charge on any atom is 0.225 e. The van der Waals surface area contributed by atoms with Gasteiger partial charge in [-0.2, -0.15) is 0 Å². The van der Waals surface area contributed by atoms with E-state index in [1.807, 2.05) is 30.3 Å². The number of hydrogen-bond acceptors (Lipinski definition) is 3. The van der Waals surface area contributed by atoms with Gasteiger partial charge in [0.05, 0.1) is 6.61 Å². The molecule has 5 heteroatoms. The van der Waals surface area contributed by atoms with E-state index in [0.29, 0.717) is 17.7 Å². The van der Waals surface area contributed by atoms with Gasteiger partial charge in [-0.1, -0.05) is 25.1 Å². The third-order valence-electron chi connectivity index (χ3n) is 5.06. The smallest absolute Gasteiger partial charge is 0.225 e. The molecule has 2 heterocycles. The molecule has 1 aromatic rings. The number of benzene rings is 1. The Balaban J connectivity index is 0.00000192. The number of carbonyl (C=O) groups is 1. The highest BCUT2D eigenvalue weighted by molar-refractivity contribution is 5.85. The van der Waals surface area contributed by atoms with Crippen LogP contribution in [0.4, 0.5) is 0 Å². The summed E-state index contributed by atoms with van der Waals surface area (Å²) in [6.07, 6.45) is 2.10. The summed E-state index contributed by atoms with van der Waals surface area (Å²) >= 11 is 0. The highest BCUT2D eigenvalue weighted by Gasteiger charge is 2.33. The number of piperidine rings is 1. The van der Waals surface area contributed by atoms with Gasteiger partial charge in [0.15, 0.2) is 0 Å². The summed E-state index contributed by atoms with van der Waals surface area (Å²) < 4.78 is 5.84. The predicted molar refractivity (Wildman–Crippen MR) is 94.0 cm³/mol. The number of carbonyl (C=O) groups excluding carboxylic acids is 1. The van der Waals surface area contributed by atoms with E-state index in [-0.39, 0.29) is 18.3 Å². The first-order chi connectivity index (χ1) is 10.7. The van der Waals surface area contributed by atoms with Crippen LogP contribution in [0.3, 0.4) is 0 Å². The molecular weight excluding hydrogens is 312 g/mol. The van der Waals surface area contributed by atoms with Crippen LogP contribution >= 0.6 is 12.4 Å². The first kappa shape index (κ1) is 18.1. The minimum atomic E-state index is 0. The highest BCUT2D eigenvalue weighted by atomic mass is 35.5. The predicted octanol–water partition coefficient (Wildman–Crippen LogP) is 2.58. The molecule has 2 aliphatic rings. The molecule has 2 fully saturated rings. The molecule has 2 saturated heterocycles. The molecule has 0 saturated carbocycles. The summed E-state index contributed by atoms with van der Waals surface area (Å²) in [6, 6.07) is 9.97. The quantitative estimate of drug-likeness (QED) is 0.897. The van der Waals surface area contributed by atoms with Crippen molar-refractivity contribution >= 4 is 18.3 Å². The molecule has 1 N–H and O–H groups in total. The number of likely N-dealkylation sites (tertiary alicyclic amines) is 1. The molecule has 1 unspecified atom stereocenters. The summed E-state index contributed by atoms with van der Waals surface area (Å²) in [7, 11) is 0.